The van der Waals surface area contributed by atoms with Crippen molar-refractivity contribution < 1.29 is 14.3 Å². The Morgan fingerprint density at radius 1 is 1.10 bits per heavy atom. The van der Waals surface area contributed by atoms with Crippen LogP contribution in [0.4, 0.5) is 0 Å². The highest BCUT2D eigenvalue weighted by Crippen LogP contribution is 2.35. The molecule has 0 spiro atoms. The lowest BCUT2D eigenvalue weighted by atomic mass is 9.90. The summed E-state index contributed by atoms with van der Waals surface area (Å²) in [4.78, 5) is 34.1. The smallest absolute Gasteiger partial charge is 0.246 e. The fourth-order valence-electron chi connectivity index (χ4n) is 5.92. The van der Waals surface area contributed by atoms with E-state index in [2.05, 4.69) is 58.5 Å². The van der Waals surface area contributed by atoms with Gasteiger partial charge >= 0.3 is 0 Å². The Bertz CT molecular complexity index is 1300. The summed E-state index contributed by atoms with van der Waals surface area (Å²) >= 11 is 0. The maximum atomic E-state index is 14.1. The third kappa shape index (κ3) is 6.08. The van der Waals surface area contributed by atoms with E-state index in [-0.39, 0.29) is 29.7 Å². The molecule has 4 heterocycles. The normalized spacial score (nSPS) is 19.6. The fourth-order valence-corrected chi connectivity index (χ4v) is 5.92. The monoisotopic (exact) mass is 545 g/mol. The third-order valence-corrected chi connectivity index (χ3v) is 8.58. The number of hydrogen-bond donors (Lipinski definition) is 2. The van der Waals surface area contributed by atoms with Gasteiger partial charge in [0.05, 0.1) is 11.7 Å². The molecule has 0 bridgehead atoms. The molecule has 2 fully saturated rings. The molecule has 1 aromatic carbocycles. The summed E-state index contributed by atoms with van der Waals surface area (Å²) in [5.41, 5.74) is 5.24. The van der Waals surface area contributed by atoms with Gasteiger partial charge in [0.1, 0.15) is 11.7 Å². The van der Waals surface area contributed by atoms with Crippen LogP contribution >= 0.6 is 0 Å². The van der Waals surface area contributed by atoms with E-state index in [1.807, 2.05) is 31.0 Å². The Morgan fingerprint density at radius 2 is 1.88 bits per heavy atom. The van der Waals surface area contributed by atoms with E-state index >= 15 is 0 Å². The van der Waals surface area contributed by atoms with Crippen LogP contribution in [0.5, 0.6) is 0 Å². The number of rotatable bonds is 10. The number of carbonyl (C=O) groups excluding carboxylic acids is 2. The van der Waals surface area contributed by atoms with Gasteiger partial charge < -0.3 is 24.7 Å². The number of imidazole rings is 1. The molecule has 40 heavy (non-hydrogen) atoms. The second-order valence-electron chi connectivity index (χ2n) is 11.2. The van der Waals surface area contributed by atoms with Gasteiger partial charge in [0.15, 0.2) is 0 Å². The number of nitrogens with one attached hydrogen (secondary N) is 2. The van der Waals surface area contributed by atoms with Crippen molar-refractivity contribution >= 4 is 17.5 Å². The van der Waals surface area contributed by atoms with Crippen LogP contribution in [0.2, 0.25) is 0 Å². The van der Waals surface area contributed by atoms with Crippen molar-refractivity contribution in [1.29, 1.82) is 0 Å². The SMILES string of the molecule is CCNCc1ccc(-c2cccn3cc([C@@H]4CCCN4C(=O)[C@@H](NC(=O)[C@H](C)CC)C4CCOCC4)nc23)cc1. The summed E-state index contributed by atoms with van der Waals surface area (Å²) in [5.74, 6) is -0.0754. The van der Waals surface area contributed by atoms with Gasteiger partial charge in [-0.3, -0.25) is 9.59 Å². The van der Waals surface area contributed by atoms with Gasteiger partial charge in [0, 0.05) is 50.2 Å². The lowest BCUT2D eigenvalue weighted by Gasteiger charge is -2.35. The molecule has 0 aliphatic carbocycles. The lowest BCUT2D eigenvalue weighted by Crippen LogP contribution is -2.54. The predicted molar refractivity (Wildman–Crippen MR) is 157 cm³/mol. The van der Waals surface area contributed by atoms with E-state index in [1.165, 1.54) is 5.56 Å². The summed E-state index contributed by atoms with van der Waals surface area (Å²) in [5, 5.41) is 6.52. The van der Waals surface area contributed by atoms with Crippen molar-refractivity contribution in [2.45, 2.75) is 71.5 Å². The molecule has 2 aliphatic heterocycles. The van der Waals surface area contributed by atoms with Crippen molar-refractivity contribution in [3.8, 4) is 11.1 Å². The minimum absolute atomic E-state index is 0.0135. The van der Waals surface area contributed by atoms with Crippen LogP contribution in [0.25, 0.3) is 16.8 Å². The van der Waals surface area contributed by atoms with Crippen molar-refractivity contribution in [2.24, 2.45) is 11.8 Å². The van der Waals surface area contributed by atoms with E-state index in [0.717, 1.165) is 67.7 Å². The Kier molecular flexibility index (Phi) is 9.17. The first-order valence-corrected chi connectivity index (χ1v) is 15.0. The molecular weight excluding hydrogens is 502 g/mol. The zero-order chi connectivity index (χ0) is 28.1. The first-order valence-electron chi connectivity index (χ1n) is 15.0. The maximum Gasteiger partial charge on any atom is 0.246 e. The van der Waals surface area contributed by atoms with Crippen LogP contribution in [0, 0.1) is 11.8 Å². The topological polar surface area (TPSA) is 88.0 Å². The van der Waals surface area contributed by atoms with Gasteiger partial charge in [-0.2, -0.15) is 0 Å². The minimum Gasteiger partial charge on any atom is -0.381 e. The minimum atomic E-state index is -0.528. The van der Waals surface area contributed by atoms with Crippen molar-refractivity contribution in [3.05, 3.63) is 60.0 Å². The molecular formula is C32H43N5O3. The molecule has 3 atom stereocenters. The highest BCUT2D eigenvalue weighted by Gasteiger charge is 2.40. The Balaban J connectivity index is 1.40. The van der Waals surface area contributed by atoms with E-state index in [9.17, 15) is 9.59 Å². The molecule has 2 aliphatic rings. The molecule has 8 nitrogen and oxygen atoms in total. The van der Waals surface area contributed by atoms with E-state index in [1.54, 1.807) is 0 Å². The van der Waals surface area contributed by atoms with Gasteiger partial charge in [-0.1, -0.05) is 45.0 Å². The summed E-state index contributed by atoms with van der Waals surface area (Å²) in [6, 6.07) is 12.1. The van der Waals surface area contributed by atoms with Crippen LogP contribution in [-0.4, -0.2) is 58.4 Å². The molecule has 0 unspecified atom stereocenters. The first kappa shape index (κ1) is 28.3. The largest absolute Gasteiger partial charge is 0.381 e. The highest BCUT2D eigenvalue weighted by atomic mass is 16.5. The molecule has 5 rings (SSSR count). The number of amides is 2. The van der Waals surface area contributed by atoms with E-state index < -0.39 is 6.04 Å². The Hall–Kier alpha value is -3.23. The lowest BCUT2D eigenvalue weighted by molar-refractivity contribution is -0.140. The second kappa shape index (κ2) is 13.0. The standard InChI is InChI=1S/C32H43N5O3/c1-4-22(3)31(38)35-29(25-14-18-40-19-15-25)32(39)37-17-7-9-28(37)27-21-36-16-6-8-26(30(36)34-27)24-12-10-23(11-13-24)20-33-5-2/h6,8,10-13,16,21-22,25,28-29,33H,4-5,7,9,14-15,17-20H2,1-3H3,(H,35,38)/t22-,28+,29+/m1/s1. The molecule has 8 heteroatoms. The van der Waals surface area contributed by atoms with Crippen LogP contribution in [-0.2, 0) is 20.9 Å². The second-order valence-corrected chi connectivity index (χ2v) is 11.2. The number of nitrogens with zero attached hydrogens (tertiary/aromatic N) is 3. The average Bonchev–Trinajstić information content (AvgIpc) is 3.66. The number of aromatic nitrogens is 2. The highest BCUT2D eigenvalue weighted by molar-refractivity contribution is 5.89. The van der Waals surface area contributed by atoms with Gasteiger partial charge in [-0.15, -0.1) is 0 Å². The number of benzene rings is 1. The number of fused-ring (bicyclic) bond motifs is 1. The van der Waals surface area contributed by atoms with Crippen molar-refractivity contribution in [2.75, 3.05) is 26.3 Å². The summed E-state index contributed by atoms with van der Waals surface area (Å²) in [6.07, 6.45) is 8.17. The zero-order valence-corrected chi connectivity index (χ0v) is 24.1. The van der Waals surface area contributed by atoms with Crippen LogP contribution in [0.15, 0.2) is 48.8 Å². The van der Waals surface area contributed by atoms with Crippen LogP contribution < -0.4 is 10.6 Å². The number of carbonyl (C=O) groups is 2. The van der Waals surface area contributed by atoms with E-state index in [0.29, 0.717) is 19.8 Å². The van der Waals surface area contributed by atoms with Crippen molar-refractivity contribution in [3.63, 3.8) is 0 Å². The molecule has 214 valence electrons. The van der Waals surface area contributed by atoms with Gasteiger partial charge in [-0.05, 0) is 67.8 Å². The molecule has 2 N–H and O–H groups in total. The third-order valence-electron chi connectivity index (χ3n) is 8.58. The molecule has 2 aromatic heterocycles. The fraction of sp³-hybridized carbons (Fsp3) is 0.531. The van der Waals surface area contributed by atoms with Gasteiger partial charge in [-0.25, -0.2) is 4.98 Å². The number of likely N-dealkylation sites (tertiary alicyclic amines) is 1. The molecule has 0 saturated carbocycles. The predicted octanol–water partition coefficient (Wildman–Crippen LogP) is 4.73. The summed E-state index contributed by atoms with van der Waals surface area (Å²) < 4.78 is 7.64. The number of pyridine rings is 1. The van der Waals surface area contributed by atoms with Crippen LogP contribution in [0.3, 0.4) is 0 Å². The Morgan fingerprint density at radius 3 is 2.60 bits per heavy atom. The summed E-state index contributed by atoms with van der Waals surface area (Å²) in [6.45, 7) is 9.76. The molecule has 3 aromatic rings. The first-order chi connectivity index (χ1) is 19.5. The number of hydrogen-bond acceptors (Lipinski definition) is 5. The van der Waals surface area contributed by atoms with Gasteiger partial charge in [0.2, 0.25) is 11.8 Å². The zero-order valence-electron chi connectivity index (χ0n) is 24.1. The van der Waals surface area contributed by atoms with Crippen LogP contribution in [0.1, 0.15) is 70.2 Å². The average molecular weight is 546 g/mol. The Labute approximate surface area is 237 Å². The van der Waals surface area contributed by atoms with Gasteiger partial charge in [0.25, 0.3) is 0 Å². The summed E-state index contributed by atoms with van der Waals surface area (Å²) in [7, 11) is 0. The molecule has 0 radical (unpaired) electrons. The molecule has 2 amide bonds. The van der Waals surface area contributed by atoms with Crippen molar-refractivity contribution in [1.82, 2.24) is 24.9 Å². The number of ether oxygens (including phenoxy) is 1. The maximum absolute atomic E-state index is 14.1. The molecule has 2 saturated heterocycles. The van der Waals surface area contributed by atoms with E-state index in [4.69, 9.17) is 9.72 Å². The quantitative estimate of drug-likeness (QED) is 0.385.